The summed E-state index contributed by atoms with van der Waals surface area (Å²) in [5, 5.41) is 10.5. The molecule has 0 aromatic carbocycles. The predicted octanol–water partition coefficient (Wildman–Crippen LogP) is 3.65. The number of aryl methyl sites for hydroxylation is 1. The lowest BCUT2D eigenvalue weighted by molar-refractivity contribution is 0.0702. The Balaban J connectivity index is 1.94. The molecule has 2 heterocycles. The maximum Gasteiger partial charge on any atom is 0.346 e. The highest BCUT2D eigenvalue weighted by Gasteiger charge is 2.08. The van der Waals surface area contributed by atoms with Crippen LogP contribution in [0.1, 0.15) is 26.3 Å². The van der Waals surface area contributed by atoms with Crippen molar-refractivity contribution in [1.29, 1.82) is 0 Å². The number of hydrogen-bond donors (Lipinski definition) is 1. The Hall–Kier alpha value is -1.33. The van der Waals surface area contributed by atoms with E-state index in [4.69, 9.17) is 9.84 Å². The minimum Gasteiger partial charge on any atom is -0.487 e. The Labute approximate surface area is 107 Å². The van der Waals surface area contributed by atoms with Crippen molar-refractivity contribution in [2.45, 2.75) is 20.0 Å². The smallest absolute Gasteiger partial charge is 0.346 e. The molecule has 2 aromatic rings. The highest BCUT2D eigenvalue weighted by Crippen LogP contribution is 2.24. The molecule has 0 radical (unpaired) electrons. The average molecular weight is 268 g/mol. The van der Waals surface area contributed by atoms with Gasteiger partial charge in [-0.2, -0.15) is 0 Å². The van der Waals surface area contributed by atoms with Gasteiger partial charge in [0.15, 0.2) is 0 Å². The van der Waals surface area contributed by atoms with Crippen LogP contribution in [-0.2, 0) is 13.0 Å². The molecule has 0 unspecified atom stereocenters. The van der Waals surface area contributed by atoms with Gasteiger partial charge < -0.3 is 9.84 Å². The van der Waals surface area contributed by atoms with Gasteiger partial charge in [-0.3, -0.25) is 0 Å². The third-order valence-electron chi connectivity index (χ3n) is 2.23. The highest BCUT2D eigenvalue weighted by molar-refractivity contribution is 7.12. The number of ether oxygens (including phenoxy) is 1. The summed E-state index contributed by atoms with van der Waals surface area (Å²) in [6.07, 6.45) is 1.03. The fourth-order valence-corrected chi connectivity index (χ4v) is 2.89. The molecular formula is C12H12O3S2. The van der Waals surface area contributed by atoms with Gasteiger partial charge in [-0.25, -0.2) is 4.79 Å². The Morgan fingerprint density at radius 2 is 2.18 bits per heavy atom. The molecular weight excluding hydrogens is 256 g/mol. The number of carboxylic acids is 1. The fourth-order valence-electron chi connectivity index (χ4n) is 1.35. The second kappa shape index (κ2) is 5.33. The van der Waals surface area contributed by atoms with Crippen LogP contribution in [0.3, 0.4) is 0 Å². The summed E-state index contributed by atoms with van der Waals surface area (Å²) in [7, 11) is 0. The SMILES string of the molecule is CCc1ccc(COc2csc(C(=O)O)c2)s1. The lowest BCUT2D eigenvalue weighted by Crippen LogP contribution is -1.92. The lowest BCUT2D eigenvalue weighted by Gasteiger charge is -2.00. The van der Waals surface area contributed by atoms with Crippen LogP contribution < -0.4 is 4.74 Å². The van der Waals surface area contributed by atoms with Gasteiger partial charge in [0.05, 0.1) is 0 Å². The Morgan fingerprint density at radius 1 is 1.41 bits per heavy atom. The van der Waals surface area contributed by atoms with Gasteiger partial charge in [0.1, 0.15) is 17.2 Å². The summed E-state index contributed by atoms with van der Waals surface area (Å²) < 4.78 is 5.54. The number of aromatic carboxylic acids is 1. The third-order valence-corrected chi connectivity index (χ3v) is 4.33. The van der Waals surface area contributed by atoms with Crippen LogP contribution >= 0.6 is 22.7 Å². The number of carbonyl (C=O) groups is 1. The van der Waals surface area contributed by atoms with Crippen LogP contribution in [0.2, 0.25) is 0 Å². The fraction of sp³-hybridized carbons (Fsp3) is 0.250. The zero-order chi connectivity index (χ0) is 12.3. The lowest BCUT2D eigenvalue weighted by atomic mass is 10.4. The summed E-state index contributed by atoms with van der Waals surface area (Å²) in [6.45, 7) is 2.62. The van der Waals surface area contributed by atoms with Crippen molar-refractivity contribution in [3.8, 4) is 5.75 Å². The van der Waals surface area contributed by atoms with Gasteiger partial charge in [0.2, 0.25) is 0 Å². The van der Waals surface area contributed by atoms with Gasteiger partial charge in [-0.15, -0.1) is 22.7 Å². The topological polar surface area (TPSA) is 46.5 Å². The van der Waals surface area contributed by atoms with Crippen molar-refractivity contribution in [2.75, 3.05) is 0 Å². The van der Waals surface area contributed by atoms with Crippen molar-refractivity contribution in [3.05, 3.63) is 38.2 Å². The molecule has 2 aromatic heterocycles. The zero-order valence-corrected chi connectivity index (χ0v) is 10.9. The van der Waals surface area contributed by atoms with E-state index in [1.165, 1.54) is 16.2 Å². The molecule has 0 saturated carbocycles. The number of rotatable bonds is 5. The molecule has 0 atom stereocenters. The van der Waals surface area contributed by atoms with E-state index in [1.54, 1.807) is 22.8 Å². The molecule has 0 fully saturated rings. The molecule has 1 N–H and O–H groups in total. The quantitative estimate of drug-likeness (QED) is 0.900. The summed E-state index contributed by atoms with van der Waals surface area (Å²) >= 11 is 2.91. The van der Waals surface area contributed by atoms with E-state index in [-0.39, 0.29) is 0 Å². The molecule has 0 aliphatic rings. The second-order valence-electron chi connectivity index (χ2n) is 3.46. The van der Waals surface area contributed by atoms with E-state index in [0.717, 1.165) is 11.3 Å². The van der Waals surface area contributed by atoms with Crippen molar-refractivity contribution in [1.82, 2.24) is 0 Å². The standard InChI is InChI=1S/C12H12O3S2/c1-2-9-3-4-10(17-9)6-15-8-5-11(12(13)14)16-7-8/h3-5,7H,2,6H2,1H3,(H,13,14). The molecule has 17 heavy (non-hydrogen) atoms. The van der Waals surface area contributed by atoms with Crippen LogP contribution in [0, 0.1) is 0 Å². The molecule has 0 amide bonds. The largest absolute Gasteiger partial charge is 0.487 e. The maximum atomic E-state index is 10.7. The van der Waals surface area contributed by atoms with Crippen LogP contribution in [0.25, 0.3) is 0 Å². The van der Waals surface area contributed by atoms with E-state index >= 15 is 0 Å². The van der Waals surface area contributed by atoms with Crippen molar-refractivity contribution in [2.24, 2.45) is 0 Å². The van der Waals surface area contributed by atoms with E-state index in [1.807, 2.05) is 6.07 Å². The van der Waals surface area contributed by atoms with Crippen molar-refractivity contribution < 1.29 is 14.6 Å². The normalized spacial score (nSPS) is 10.4. The van der Waals surface area contributed by atoms with Gasteiger partial charge >= 0.3 is 5.97 Å². The average Bonchev–Trinajstić information content (AvgIpc) is 2.95. The monoisotopic (exact) mass is 268 g/mol. The van der Waals surface area contributed by atoms with Crippen LogP contribution in [-0.4, -0.2) is 11.1 Å². The van der Waals surface area contributed by atoms with Crippen LogP contribution in [0.5, 0.6) is 5.75 Å². The molecule has 3 nitrogen and oxygen atoms in total. The molecule has 90 valence electrons. The third kappa shape index (κ3) is 3.08. The Kier molecular flexibility index (Phi) is 3.81. The molecule has 0 saturated heterocycles. The minimum atomic E-state index is -0.908. The van der Waals surface area contributed by atoms with Gasteiger partial charge in [-0.1, -0.05) is 6.92 Å². The minimum absolute atomic E-state index is 0.306. The van der Waals surface area contributed by atoms with E-state index in [9.17, 15) is 4.79 Å². The van der Waals surface area contributed by atoms with Gasteiger partial charge in [-0.05, 0) is 18.6 Å². The molecule has 2 rings (SSSR count). The van der Waals surface area contributed by atoms with Crippen LogP contribution in [0.15, 0.2) is 23.6 Å². The predicted molar refractivity (Wildman–Crippen MR) is 69.3 cm³/mol. The first-order valence-corrected chi connectivity index (χ1v) is 6.91. The first-order chi connectivity index (χ1) is 8.19. The molecule has 0 spiro atoms. The molecule has 5 heteroatoms. The number of carboxylic acid groups (broad SMARTS) is 1. The number of thiophene rings is 2. The summed E-state index contributed by atoms with van der Waals surface area (Å²) in [4.78, 5) is 13.5. The maximum absolute atomic E-state index is 10.7. The summed E-state index contributed by atoms with van der Waals surface area (Å²) in [5.41, 5.74) is 0. The summed E-state index contributed by atoms with van der Waals surface area (Å²) in [6, 6.07) is 5.70. The van der Waals surface area contributed by atoms with Gasteiger partial charge in [0, 0.05) is 21.2 Å². The van der Waals surface area contributed by atoms with E-state index in [2.05, 4.69) is 13.0 Å². The second-order valence-corrected chi connectivity index (χ2v) is 5.63. The Morgan fingerprint density at radius 3 is 2.76 bits per heavy atom. The summed E-state index contributed by atoms with van der Waals surface area (Å²) in [5.74, 6) is -0.284. The van der Waals surface area contributed by atoms with E-state index in [0.29, 0.717) is 17.2 Å². The molecule has 0 bridgehead atoms. The van der Waals surface area contributed by atoms with Crippen LogP contribution in [0.4, 0.5) is 0 Å². The number of hydrogen-bond acceptors (Lipinski definition) is 4. The highest BCUT2D eigenvalue weighted by atomic mass is 32.1. The Bertz CT molecular complexity index is 513. The zero-order valence-electron chi connectivity index (χ0n) is 9.30. The first kappa shape index (κ1) is 12.1. The van der Waals surface area contributed by atoms with Crippen molar-refractivity contribution >= 4 is 28.6 Å². The van der Waals surface area contributed by atoms with E-state index < -0.39 is 5.97 Å². The molecule has 0 aliphatic carbocycles. The van der Waals surface area contributed by atoms with Crippen molar-refractivity contribution in [3.63, 3.8) is 0 Å². The first-order valence-electron chi connectivity index (χ1n) is 5.21. The molecule has 0 aliphatic heterocycles. The van der Waals surface area contributed by atoms with Gasteiger partial charge in [0.25, 0.3) is 0 Å².